The summed E-state index contributed by atoms with van der Waals surface area (Å²) in [5.74, 6) is 0.677. The number of fused-ring (bicyclic) bond motifs is 1. The Morgan fingerprint density at radius 2 is 1.75 bits per heavy atom. The molecule has 0 aliphatic carbocycles. The molecule has 0 spiro atoms. The molecule has 0 bridgehead atoms. The predicted molar refractivity (Wildman–Crippen MR) is 147 cm³/mol. The summed E-state index contributed by atoms with van der Waals surface area (Å²) in [5.41, 5.74) is 3.58. The Labute approximate surface area is 216 Å². The number of hydrogen-bond acceptors (Lipinski definition) is 6. The van der Waals surface area contributed by atoms with E-state index in [9.17, 15) is 4.79 Å². The summed E-state index contributed by atoms with van der Waals surface area (Å²) in [6.45, 7) is 6.18. The van der Waals surface area contributed by atoms with Gasteiger partial charge in [0.15, 0.2) is 0 Å². The molecule has 184 valence electrons. The van der Waals surface area contributed by atoms with Crippen LogP contribution in [-0.2, 0) is 0 Å². The highest BCUT2D eigenvalue weighted by Crippen LogP contribution is 2.34. The minimum atomic E-state index is 0.125. The van der Waals surface area contributed by atoms with Crippen molar-refractivity contribution in [1.82, 2.24) is 19.8 Å². The van der Waals surface area contributed by atoms with E-state index in [1.807, 2.05) is 42.3 Å². The average molecular weight is 498 g/mol. The van der Waals surface area contributed by atoms with Crippen LogP contribution in [0.2, 0.25) is 0 Å². The number of piperidine rings is 1. The number of hydrogen-bond donors (Lipinski definition) is 1. The number of thiophene rings is 1. The van der Waals surface area contributed by atoms with Crippen LogP contribution < -0.4 is 5.32 Å². The van der Waals surface area contributed by atoms with Crippen LogP contribution in [0.1, 0.15) is 41.6 Å². The molecule has 0 atom stereocenters. The number of amides is 1. The highest BCUT2D eigenvalue weighted by atomic mass is 32.1. The van der Waals surface area contributed by atoms with E-state index < -0.39 is 0 Å². The Morgan fingerprint density at radius 1 is 1.00 bits per heavy atom. The second-order valence-electron chi connectivity index (χ2n) is 9.84. The van der Waals surface area contributed by atoms with Gasteiger partial charge in [-0.2, -0.15) is 0 Å². The van der Waals surface area contributed by atoms with Crippen molar-refractivity contribution >= 4 is 39.0 Å². The summed E-state index contributed by atoms with van der Waals surface area (Å²) >= 11 is 1.74. The molecule has 2 fully saturated rings. The number of benzene rings is 2. The van der Waals surface area contributed by atoms with E-state index in [2.05, 4.69) is 45.5 Å². The van der Waals surface area contributed by atoms with Gasteiger partial charge in [-0.25, -0.2) is 9.97 Å². The fourth-order valence-electron chi connectivity index (χ4n) is 5.40. The maximum atomic E-state index is 13.1. The molecule has 1 amide bonds. The van der Waals surface area contributed by atoms with Gasteiger partial charge < -0.3 is 15.1 Å². The quantitative estimate of drug-likeness (QED) is 0.360. The molecule has 7 heteroatoms. The number of nitrogens with one attached hydrogen (secondary N) is 1. The van der Waals surface area contributed by atoms with Gasteiger partial charge in [-0.1, -0.05) is 18.2 Å². The van der Waals surface area contributed by atoms with Crippen LogP contribution in [0, 0.1) is 6.92 Å². The van der Waals surface area contributed by atoms with E-state index in [-0.39, 0.29) is 5.91 Å². The van der Waals surface area contributed by atoms with Gasteiger partial charge in [-0.3, -0.25) is 4.79 Å². The first kappa shape index (κ1) is 23.1. The van der Waals surface area contributed by atoms with Crippen LogP contribution in [0.3, 0.4) is 0 Å². The monoisotopic (exact) mass is 497 g/mol. The van der Waals surface area contributed by atoms with E-state index in [0.29, 0.717) is 12.0 Å². The molecular weight excluding hydrogens is 466 g/mol. The molecule has 2 aromatic carbocycles. The Hall–Kier alpha value is -3.29. The molecule has 0 saturated carbocycles. The standard InChI is InChI=1S/C29H31N5OS/c1-20-19-30-29(32-27(20)26-18-22-6-2-3-7-25(22)36-26)31-23-10-8-21(9-11-23)28(35)34-16-12-24(13-17-34)33-14-4-5-15-33/h2-3,6-11,18-19,24H,4-5,12-17H2,1H3,(H,30,31,32). The first-order valence-electron chi connectivity index (χ1n) is 12.9. The van der Waals surface area contributed by atoms with Crippen molar-refractivity contribution in [3.63, 3.8) is 0 Å². The van der Waals surface area contributed by atoms with Gasteiger partial charge in [0.25, 0.3) is 5.91 Å². The number of likely N-dealkylation sites (tertiary alicyclic amines) is 2. The van der Waals surface area contributed by atoms with Crippen LogP contribution in [0.25, 0.3) is 20.7 Å². The molecule has 1 N–H and O–H groups in total. The zero-order valence-electron chi connectivity index (χ0n) is 20.6. The number of nitrogens with zero attached hydrogens (tertiary/aromatic N) is 4. The molecule has 36 heavy (non-hydrogen) atoms. The fourth-order valence-corrected chi connectivity index (χ4v) is 6.52. The lowest BCUT2D eigenvalue weighted by Crippen LogP contribution is -2.45. The topological polar surface area (TPSA) is 61.4 Å². The first-order valence-corrected chi connectivity index (χ1v) is 13.7. The molecule has 2 aliphatic heterocycles. The summed E-state index contributed by atoms with van der Waals surface area (Å²) in [4.78, 5) is 28.1. The van der Waals surface area contributed by atoms with Crippen LogP contribution >= 0.6 is 11.3 Å². The van der Waals surface area contributed by atoms with Gasteiger partial charge in [-0.05, 0) is 93.0 Å². The third kappa shape index (κ3) is 4.73. The van der Waals surface area contributed by atoms with Crippen molar-refractivity contribution in [2.45, 2.75) is 38.6 Å². The maximum Gasteiger partial charge on any atom is 0.253 e. The van der Waals surface area contributed by atoms with E-state index in [4.69, 9.17) is 4.98 Å². The van der Waals surface area contributed by atoms with Gasteiger partial charge in [0.05, 0.1) is 10.6 Å². The number of rotatable bonds is 5. The Balaban J connectivity index is 1.12. The molecule has 2 saturated heterocycles. The molecule has 0 radical (unpaired) electrons. The molecular formula is C29H31N5OS. The Bertz CT molecular complexity index is 1340. The minimum Gasteiger partial charge on any atom is -0.339 e. The third-order valence-corrected chi connectivity index (χ3v) is 8.55. The fraction of sp³-hybridized carbons (Fsp3) is 0.345. The van der Waals surface area contributed by atoms with E-state index >= 15 is 0 Å². The van der Waals surface area contributed by atoms with Crippen LogP contribution in [0.15, 0.2) is 60.8 Å². The number of anilines is 2. The minimum absolute atomic E-state index is 0.125. The van der Waals surface area contributed by atoms with E-state index in [0.717, 1.165) is 53.3 Å². The van der Waals surface area contributed by atoms with Crippen molar-refractivity contribution in [1.29, 1.82) is 0 Å². The van der Waals surface area contributed by atoms with Crippen molar-refractivity contribution in [2.75, 3.05) is 31.5 Å². The van der Waals surface area contributed by atoms with Crippen molar-refractivity contribution in [3.05, 3.63) is 71.9 Å². The smallest absolute Gasteiger partial charge is 0.253 e. The van der Waals surface area contributed by atoms with Crippen LogP contribution in [-0.4, -0.2) is 57.9 Å². The number of aromatic nitrogens is 2. The molecule has 6 nitrogen and oxygen atoms in total. The Kier molecular flexibility index (Phi) is 6.42. The van der Waals surface area contributed by atoms with Gasteiger partial charge in [0.1, 0.15) is 0 Å². The zero-order valence-corrected chi connectivity index (χ0v) is 21.4. The lowest BCUT2D eigenvalue weighted by molar-refractivity contribution is 0.0644. The van der Waals surface area contributed by atoms with Crippen LogP contribution in [0.4, 0.5) is 11.6 Å². The molecule has 4 heterocycles. The molecule has 4 aromatic rings. The van der Waals surface area contributed by atoms with Crippen molar-refractivity contribution in [3.8, 4) is 10.6 Å². The zero-order chi connectivity index (χ0) is 24.5. The van der Waals surface area contributed by atoms with Crippen LogP contribution in [0.5, 0.6) is 0 Å². The summed E-state index contributed by atoms with van der Waals surface area (Å²) in [5, 5.41) is 4.54. The highest BCUT2D eigenvalue weighted by Gasteiger charge is 2.28. The lowest BCUT2D eigenvalue weighted by atomic mass is 10.0. The maximum absolute atomic E-state index is 13.1. The van der Waals surface area contributed by atoms with Gasteiger partial charge in [0, 0.05) is 41.3 Å². The highest BCUT2D eigenvalue weighted by molar-refractivity contribution is 7.22. The van der Waals surface area contributed by atoms with Gasteiger partial charge >= 0.3 is 0 Å². The lowest BCUT2D eigenvalue weighted by Gasteiger charge is -2.36. The van der Waals surface area contributed by atoms with E-state index in [1.165, 1.54) is 36.0 Å². The Morgan fingerprint density at radius 3 is 2.50 bits per heavy atom. The largest absolute Gasteiger partial charge is 0.339 e. The second-order valence-corrected chi connectivity index (χ2v) is 10.9. The summed E-state index contributed by atoms with van der Waals surface area (Å²) in [7, 11) is 0. The molecule has 6 rings (SSSR count). The van der Waals surface area contributed by atoms with Crippen molar-refractivity contribution < 1.29 is 4.79 Å². The third-order valence-electron chi connectivity index (χ3n) is 7.43. The number of aryl methyl sites for hydroxylation is 1. The molecule has 2 aromatic heterocycles. The average Bonchev–Trinajstić information content (AvgIpc) is 3.60. The summed E-state index contributed by atoms with van der Waals surface area (Å²) < 4.78 is 1.25. The number of carbonyl (C=O) groups excluding carboxylic acids is 1. The summed E-state index contributed by atoms with van der Waals surface area (Å²) in [6, 6.07) is 18.9. The molecule has 2 aliphatic rings. The predicted octanol–water partition coefficient (Wildman–Crippen LogP) is 6.11. The molecule has 0 unspecified atom stereocenters. The second kappa shape index (κ2) is 9.99. The summed E-state index contributed by atoms with van der Waals surface area (Å²) in [6.07, 6.45) is 6.66. The van der Waals surface area contributed by atoms with Gasteiger partial charge in [0.2, 0.25) is 5.95 Å². The van der Waals surface area contributed by atoms with E-state index in [1.54, 1.807) is 11.3 Å². The normalized spacial score (nSPS) is 17.1. The SMILES string of the molecule is Cc1cnc(Nc2ccc(C(=O)N3CCC(N4CCCC4)CC3)cc2)nc1-c1cc2ccccc2s1. The van der Waals surface area contributed by atoms with Crippen molar-refractivity contribution in [2.24, 2.45) is 0 Å². The number of carbonyl (C=O) groups is 1. The first-order chi connectivity index (χ1) is 17.6. The van der Waals surface area contributed by atoms with Gasteiger partial charge in [-0.15, -0.1) is 11.3 Å².